The van der Waals surface area contributed by atoms with Gasteiger partial charge in [-0.1, -0.05) is 81.4 Å². The molecule has 57 heavy (non-hydrogen) atoms. The maximum absolute atomic E-state index is 15.4. The number of allylic oxidation sites excluding steroid dienone is 1. The fourth-order valence-corrected chi connectivity index (χ4v) is 16.0. The number of carboxylic acids is 1. The van der Waals surface area contributed by atoms with Gasteiger partial charge < -0.3 is 19.2 Å². The Balaban J connectivity index is 1.05. The molecule has 13 atom stereocenters. The number of oxazole rings is 1. The summed E-state index contributed by atoms with van der Waals surface area (Å²) in [4.78, 5) is 47.9. The van der Waals surface area contributed by atoms with E-state index in [0.717, 1.165) is 82.9 Å². The standard InChI is InChI=1S/C49H74N2O6/c1-28(2)29-17-22-49(42(55)51-25-13-14-33(51)39-50-27-37(56-39)43(3,4)5)24-23-47(11)30(38(29)49)15-16-35-46(10)20-19-36(45(8,9)34(46)18-21-48(35,47)12)57-41(54)32-26-31(40(52)53)44(32,6)7/h27,29-36,38H,1,13-26H2,2-12H3,(H,52,53)/t29-,30+,31-,32+,33-,34-,35+,36-,38+,46-,47+,48+,49-/m0/s1. The molecule has 1 aromatic heterocycles. The molecule has 6 aliphatic carbocycles. The average Bonchev–Trinajstić information content (AvgIpc) is 3.88. The lowest BCUT2D eigenvalue weighted by atomic mass is 9.32. The van der Waals surface area contributed by atoms with Crippen LogP contribution >= 0.6 is 0 Å². The maximum atomic E-state index is 15.4. The SMILES string of the molecule is C=C(C)[C@@H]1CC[C@]2(C(=O)N3CCC[C@H]3c3ncc(C(C)(C)C)o3)CC[C@]3(C)[C@H](CC[C@@H]4[C@@]5(C)CC[C@H](OC(=O)[C@H]6C[C@@H](C(=O)O)C6(C)C)C(C)(C)[C@@H]5CC[C@]43C)[C@@H]12. The average molecular weight is 787 g/mol. The van der Waals surface area contributed by atoms with Crippen LogP contribution in [0.3, 0.4) is 0 Å². The summed E-state index contributed by atoms with van der Waals surface area (Å²) in [5, 5.41) is 9.69. The van der Waals surface area contributed by atoms with Crippen LogP contribution in [0.2, 0.25) is 0 Å². The van der Waals surface area contributed by atoms with Crippen molar-refractivity contribution >= 4 is 17.8 Å². The van der Waals surface area contributed by atoms with Crippen LogP contribution in [0, 0.1) is 73.9 Å². The van der Waals surface area contributed by atoms with Gasteiger partial charge in [0.2, 0.25) is 11.8 Å². The second kappa shape index (κ2) is 13.2. The van der Waals surface area contributed by atoms with Gasteiger partial charge in [0.15, 0.2) is 0 Å². The van der Waals surface area contributed by atoms with E-state index in [4.69, 9.17) is 14.1 Å². The van der Waals surface area contributed by atoms with Gasteiger partial charge in [0.25, 0.3) is 0 Å². The molecule has 1 aliphatic heterocycles. The first kappa shape index (κ1) is 41.1. The zero-order chi connectivity index (χ0) is 41.5. The predicted molar refractivity (Wildman–Crippen MR) is 221 cm³/mol. The summed E-state index contributed by atoms with van der Waals surface area (Å²) in [5.74, 6) is 2.16. The minimum absolute atomic E-state index is 0.0936. The molecule has 2 heterocycles. The first-order valence-corrected chi connectivity index (χ1v) is 22.8. The third kappa shape index (κ3) is 5.68. The lowest BCUT2D eigenvalue weighted by Crippen LogP contribution is -2.67. The lowest BCUT2D eigenvalue weighted by molar-refractivity contribution is -0.251. The van der Waals surface area contributed by atoms with Gasteiger partial charge in [0.1, 0.15) is 17.9 Å². The zero-order valence-electron chi connectivity index (χ0n) is 37.3. The number of carboxylic acid groups (broad SMARTS) is 1. The van der Waals surface area contributed by atoms with Crippen LogP contribution in [-0.2, 0) is 24.5 Å². The van der Waals surface area contributed by atoms with Crippen LogP contribution in [0.5, 0.6) is 0 Å². The Labute approximate surface area is 343 Å². The highest BCUT2D eigenvalue weighted by Crippen LogP contribution is 2.78. The van der Waals surface area contributed by atoms with Crippen molar-refractivity contribution in [1.29, 1.82) is 0 Å². The number of fused-ring (bicyclic) bond motifs is 7. The van der Waals surface area contributed by atoms with Crippen molar-refractivity contribution in [1.82, 2.24) is 9.88 Å². The van der Waals surface area contributed by atoms with Gasteiger partial charge in [-0.25, -0.2) is 4.98 Å². The Kier molecular flexibility index (Phi) is 9.50. The van der Waals surface area contributed by atoms with Gasteiger partial charge in [-0.15, -0.1) is 0 Å². The van der Waals surface area contributed by atoms with E-state index in [1.54, 1.807) is 0 Å². The first-order valence-electron chi connectivity index (χ1n) is 22.8. The number of likely N-dealkylation sites (tertiary alicyclic amines) is 1. The molecule has 8 heteroatoms. The minimum Gasteiger partial charge on any atom is -0.481 e. The lowest BCUT2D eigenvalue weighted by Gasteiger charge is -2.73. The summed E-state index contributed by atoms with van der Waals surface area (Å²) in [6.45, 7) is 30.4. The van der Waals surface area contributed by atoms with Crippen LogP contribution in [0.15, 0.2) is 22.8 Å². The van der Waals surface area contributed by atoms with E-state index in [0.29, 0.717) is 47.8 Å². The van der Waals surface area contributed by atoms with Crippen LogP contribution in [0.1, 0.15) is 177 Å². The summed E-state index contributed by atoms with van der Waals surface area (Å²) < 4.78 is 12.9. The maximum Gasteiger partial charge on any atom is 0.309 e. The van der Waals surface area contributed by atoms with Crippen molar-refractivity contribution in [3.05, 3.63) is 30.0 Å². The minimum atomic E-state index is -0.817. The largest absolute Gasteiger partial charge is 0.481 e. The third-order valence-corrected chi connectivity index (χ3v) is 19.6. The van der Waals surface area contributed by atoms with E-state index in [1.807, 2.05) is 20.0 Å². The van der Waals surface area contributed by atoms with E-state index >= 15 is 4.79 Å². The van der Waals surface area contributed by atoms with Crippen molar-refractivity contribution < 1.29 is 28.6 Å². The van der Waals surface area contributed by atoms with Gasteiger partial charge in [-0.3, -0.25) is 14.4 Å². The van der Waals surface area contributed by atoms with E-state index in [1.165, 1.54) is 12.0 Å². The van der Waals surface area contributed by atoms with E-state index in [-0.39, 0.29) is 56.5 Å². The first-order chi connectivity index (χ1) is 26.4. The monoisotopic (exact) mass is 787 g/mol. The quantitative estimate of drug-likeness (QED) is 0.226. The summed E-state index contributed by atoms with van der Waals surface area (Å²) in [6.07, 6.45) is 14.5. The topological polar surface area (TPSA) is 110 Å². The predicted octanol–water partition coefficient (Wildman–Crippen LogP) is 11.0. The number of rotatable bonds is 6. The molecule has 1 N–H and O–H groups in total. The number of aliphatic carboxylic acids is 1. The van der Waals surface area contributed by atoms with Crippen molar-refractivity contribution in [3.63, 3.8) is 0 Å². The number of hydrogen-bond donors (Lipinski definition) is 1. The molecule has 0 radical (unpaired) electrons. The van der Waals surface area contributed by atoms with Crippen molar-refractivity contribution in [2.75, 3.05) is 6.54 Å². The number of esters is 1. The molecule has 0 aromatic carbocycles. The molecule has 0 bridgehead atoms. The fraction of sp³-hybridized carbons (Fsp3) is 0.837. The van der Waals surface area contributed by atoms with Gasteiger partial charge in [0.05, 0.1) is 23.4 Å². The third-order valence-electron chi connectivity index (χ3n) is 19.6. The molecule has 1 saturated heterocycles. The number of aromatic nitrogens is 1. The Morgan fingerprint density at radius 1 is 0.860 bits per heavy atom. The molecule has 6 saturated carbocycles. The van der Waals surface area contributed by atoms with Crippen LogP contribution in [0.4, 0.5) is 0 Å². The summed E-state index contributed by atoms with van der Waals surface area (Å²) in [7, 11) is 0. The van der Waals surface area contributed by atoms with Crippen molar-refractivity contribution in [3.8, 4) is 0 Å². The highest BCUT2D eigenvalue weighted by molar-refractivity contribution is 5.85. The number of carbonyl (C=O) groups excluding carboxylic acids is 2. The number of ether oxygens (including phenoxy) is 1. The van der Waals surface area contributed by atoms with E-state index in [2.05, 4.69) is 73.8 Å². The Bertz CT molecular complexity index is 1820. The fourth-order valence-electron chi connectivity index (χ4n) is 16.0. The van der Waals surface area contributed by atoms with E-state index < -0.39 is 17.3 Å². The van der Waals surface area contributed by atoms with Gasteiger partial charge in [-0.2, -0.15) is 0 Å². The highest BCUT2D eigenvalue weighted by Gasteiger charge is 2.72. The second-order valence-electron chi connectivity index (χ2n) is 23.6. The number of hydrogen-bond acceptors (Lipinski definition) is 6. The van der Waals surface area contributed by atoms with Gasteiger partial charge in [0, 0.05) is 17.4 Å². The van der Waals surface area contributed by atoms with Crippen molar-refractivity contribution in [2.45, 2.75) is 177 Å². The second-order valence-corrected chi connectivity index (χ2v) is 23.6. The molecule has 8 rings (SSSR count). The molecular formula is C49H74N2O6. The molecule has 316 valence electrons. The van der Waals surface area contributed by atoms with E-state index in [9.17, 15) is 14.7 Å². The Morgan fingerprint density at radius 3 is 2.21 bits per heavy atom. The van der Waals surface area contributed by atoms with Crippen LogP contribution in [0.25, 0.3) is 0 Å². The molecule has 7 fully saturated rings. The number of carbonyl (C=O) groups is 3. The smallest absolute Gasteiger partial charge is 0.309 e. The van der Waals surface area contributed by atoms with Gasteiger partial charge >= 0.3 is 11.9 Å². The highest BCUT2D eigenvalue weighted by atomic mass is 16.5. The molecule has 0 spiro atoms. The van der Waals surface area contributed by atoms with Gasteiger partial charge in [-0.05, 0) is 142 Å². The summed E-state index contributed by atoms with van der Waals surface area (Å²) in [5.41, 5.74) is 0.332. The molecule has 8 nitrogen and oxygen atoms in total. The summed E-state index contributed by atoms with van der Waals surface area (Å²) in [6, 6.07) is -0.0936. The summed E-state index contributed by atoms with van der Waals surface area (Å²) >= 11 is 0. The number of nitrogens with zero attached hydrogens (tertiary/aromatic N) is 2. The van der Waals surface area contributed by atoms with Crippen LogP contribution < -0.4 is 0 Å². The Hall–Kier alpha value is -2.64. The van der Waals surface area contributed by atoms with Crippen LogP contribution in [-0.4, -0.2) is 45.5 Å². The van der Waals surface area contributed by atoms with Crippen molar-refractivity contribution in [2.24, 2.45) is 73.9 Å². The zero-order valence-corrected chi connectivity index (χ0v) is 37.3. The Morgan fingerprint density at radius 2 is 1.58 bits per heavy atom. The molecule has 0 unspecified atom stereocenters. The molecule has 1 amide bonds. The molecule has 1 aromatic rings. The number of amides is 1. The molecule has 7 aliphatic rings. The normalized spacial score (nSPS) is 44.5. The molecular weight excluding hydrogens is 713 g/mol.